The highest BCUT2D eigenvalue weighted by Gasteiger charge is 2.21. The summed E-state index contributed by atoms with van der Waals surface area (Å²) in [5.74, 6) is 0. The fourth-order valence-corrected chi connectivity index (χ4v) is 4.78. The van der Waals surface area contributed by atoms with Crippen LogP contribution in [0.5, 0.6) is 0 Å². The number of aromatic nitrogens is 4. The van der Waals surface area contributed by atoms with Crippen molar-refractivity contribution in [2.75, 3.05) is 31.1 Å². The number of fused-ring (bicyclic) bond motifs is 1. The van der Waals surface area contributed by atoms with Crippen molar-refractivity contribution in [3.63, 3.8) is 0 Å². The Bertz CT molecular complexity index is 954. The number of rotatable bonds is 5. The number of anilines is 1. The van der Waals surface area contributed by atoms with Crippen LogP contribution in [0, 0.1) is 0 Å². The maximum absolute atomic E-state index is 12.2. The number of aryl methyl sites for hydroxylation is 2. The molecule has 26 heavy (non-hydrogen) atoms. The molecule has 1 saturated heterocycles. The highest BCUT2D eigenvalue weighted by molar-refractivity contribution is 7.20. The first kappa shape index (κ1) is 17.6. The summed E-state index contributed by atoms with van der Waals surface area (Å²) in [4.78, 5) is 26.7. The Hall–Kier alpha value is -1.84. The fourth-order valence-electron chi connectivity index (χ4n) is 3.07. The van der Waals surface area contributed by atoms with E-state index >= 15 is 0 Å². The Labute approximate surface area is 159 Å². The summed E-state index contributed by atoms with van der Waals surface area (Å²) in [5, 5.41) is 8.75. The van der Waals surface area contributed by atoms with Crippen molar-refractivity contribution in [3.8, 4) is 0 Å². The number of thiazole rings is 1. The number of hydrogen-bond acceptors (Lipinski definition) is 8. The third-order valence-electron chi connectivity index (χ3n) is 4.58. The lowest BCUT2D eigenvalue weighted by atomic mass is 10.3. The normalized spacial score (nSPS) is 15.8. The Morgan fingerprint density at radius 1 is 1.08 bits per heavy atom. The van der Waals surface area contributed by atoms with Crippen LogP contribution >= 0.6 is 22.7 Å². The molecule has 0 bridgehead atoms. The molecule has 0 saturated carbocycles. The van der Waals surface area contributed by atoms with E-state index in [-0.39, 0.29) is 5.56 Å². The lowest BCUT2D eigenvalue weighted by molar-refractivity contribution is 0.247. The van der Waals surface area contributed by atoms with Crippen LogP contribution in [-0.2, 0) is 19.4 Å². The molecule has 4 rings (SSSR count). The molecular formula is C17H22N6OS2. The monoisotopic (exact) mass is 390 g/mol. The minimum absolute atomic E-state index is 0.0942. The smallest absolute Gasteiger partial charge is 0.275 e. The zero-order valence-corrected chi connectivity index (χ0v) is 16.6. The van der Waals surface area contributed by atoms with Crippen LogP contribution in [0.3, 0.4) is 0 Å². The third-order valence-corrected chi connectivity index (χ3v) is 6.59. The Kier molecular flexibility index (Phi) is 5.01. The predicted molar refractivity (Wildman–Crippen MR) is 105 cm³/mol. The molecule has 0 spiro atoms. The molecule has 0 N–H and O–H groups in total. The second-order valence-corrected chi connectivity index (χ2v) is 8.24. The van der Waals surface area contributed by atoms with Gasteiger partial charge in [0.2, 0.25) is 10.1 Å². The van der Waals surface area contributed by atoms with Gasteiger partial charge in [-0.05, 0) is 12.8 Å². The highest BCUT2D eigenvalue weighted by Crippen LogP contribution is 2.23. The van der Waals surface area contributed by atoms with Crippen molar-refractivity contribution >= 4 is 32.8 Å². The molecule has 4 heterocycles. The SMILES string of the molecule is CCc1cc(=O)n2nc(N3CCN(Cc4csc(CC)n4)CC3)sc2n1. The van der Waals surface area contributed by atoms with Crippen molar-refractivity contribution in [3.05, 3.63) is 38.2 Å². The molecule has 1 fully saturated rings. The van der Waals surface area contributed by atoms with Crippen LogP contribution in [0.15, 0.2) is 16.2 Å². The van der Waals surface area contributed by atoms with E-state index < -0.39 is 0 Å². The van der Waals surface area contributed by atoms with Gasteiger partial charge in [-0.15, -0.1) is 16.4 Å². The van der Waals surface area contributed by atoms with Crippen LogP contribution < -0.4 is 10.5 Å². The van der Waals surface area contributed by atoms with E-state index in [2.05, 4.69) is 37.2 Å². The van der Waals surface area contributed by atoms with E-state index in [1.807, 2.05) is 6.92 Å². The van der Waals surface area contributed by atoms with Crippen molar-refractivity contribution in [1.29, 1.82) is 0 Å². The highest BCUT2D eigenvalue weighted by atomic mass is 32.1. The predicted octanol–water partition coefficient (Wildman–Crippen LogP) is 2.05. The molecule has 0 amide bonds. The summed E-state index contributed by atoms with van der Waals surface area (Å²) >= 11 is 3.24. The van der Waals surface area contributed by atoms with Crippen LogP contribution in [0.1, 0.15) is 30.2 Å². The van der Waals surface area contributed by atoms with E-state index in [4.69, 9.17) is 0 Å². The molecule has 138 valence electrons. The fraction of sp³-hybridized carbons (Fsp3) is 0.529. The zero-order valence-electron chi connectivity index (χ0n) is 15.0. The molecule has 0 aromatic carbocycles. The first-order chi connectivity index (χ1) is 12.7. The Balaban J connectivity index is 1.43. The van der Waals surface area contributed by atoms with E-state index in [1.165, 1.54) is 26.6 Å². The minimum Gasteiger partial charge on any atom is -0.344 e. The van der Waals surface area contributed by atoms with E-state index in [1.54, 1.807) is 17.4 Å². The van der Waals surface area contributed by atoms with Gasteiger partial charge < -0.3 is 4.90 Å². The van der Waals surface area contributed by atoms with Gasteiger partial charge in [0.15, 0.2) is 0 Å². The average molecular weight is 391 g/mol. The van der Waals surface area contributed by atoms with Gasteiger partial charge in [-0.25, -0.2) is 9.97 Å². The number of piperazine rings is 1. The Morgan fingerprint density at radius 3 is 2.58 bits per heavy atom. The van der Waals surface area contributed by atoms with Gasteiger partial charge in [-0.3, -0.25) is 9.69 Å². The van der Waals surface area contributed by atoms with E-state index in [9.17, 15) is 4.79 Å². The largest absolute Gasteiger partial charge is 0.344 e. The van der Waals surface area contributed by atoms with Gasteiger partial charge in [0.25, 0.3) is 5.56 Å². The standard InChI is InChI=1S/C17H22N6OS2/c1-3-12-9-15(24)23-16(19-12)26-17(20-23)22-7-5-21(6-8-22)10-13-11-25-14(4-2)18-13/h9,11H,3-8,10H2,1-2H3. The van der Waals surface area contributed by atoms with Gasteiger partial charge in [-0.1, -0.05) is 25.2 Å². The molecule has 3 aromatic heterocycles. The van der Waals surface area contributed by atoms with Gasteiger partial charge >= 0.3 is 0 Å². The molecule has 7 nitrogen and oxygen atoms in total. The molecule has 9 heteroatoms. The molecule has 0 atom stereocenters. The molecule has 0 radical (unpaired) electrons. The van der Waals surface area contributed by atoms with Gasteiger partial charge in [0, 0.05) is 49.9 Å². The van der Waals surface area contributed by atoms with Gasteiger partial charge in [-0.2, -0.15) is 4.52 Å². The summed E-state index contributed by atoms with van der Waals surface area (Å²) in [6.07, 6.45) is 1.76. The number of nitrogens with zero attached hydrogens (tertiary/aromatic N) is 6. The van der Waals surface area contributed by atoms with Crippen molar-refractivity contribution in [2.24, 2.45) is 0 Å². The van der Waals surface area contributed by atoms with Crippen molar-refractivity contribution in [1.82, 2.24) is 24.5 Å². The lowest BCUT2D eigenvalue weighted by Gasteiger charge is -2.33. The average Bonchev–Trinajstić information content (AvgIpc) is 3.29. The summed E-state index contributed by atoms with van der Waals surface area (Å²) < 4.78 is 1.42. The Morgan fingerprint density at radius 2 is 1.88 bits per heavy atom. The lowest BCUT2D eigenvalue weighted by Crippen LogP contribution is -2.46. The summed E-state index contributed by atoms with van der Waals surface area (Å²) in [5.41, 5.74) is 1.90. The molecule has 1 aliphatic rings. The molecular weight excluding hydrogens is 368 g/mol. The number of hydrogen-bond donors (Lipinski definition) is 0. The van der Waals surface area contributed by atoms with Crippen molar-refractivity contribution < 1.29 is 0 Å². The quantitative estimate of drug-likeness (QED) is 0.664. The van der Waals surface area contributed by atoms with Crippen LogP contribution in [0.4, 0.5) is 5.13 Å². The third kappa shape index (κ3) is 3.51. The maximum atomic E-state index is 12.2. The molecule has 0 unspecified atom stereocenters. The molecule has 3 aromatic rings. The zero-order chi connectivity index (χ0) is 18.1. The van der Waals surface area contributed by atoms with Crippen LogP contribution in [0.2, 0.25) is 0 Å². The first-order valence-electron chi connectivity index (χ1n) is 8.96. The van der Waals surface area contributed by atoms with Crippen LogP contribution in [0.25, 0.3) is 4.96 Å². The summed E-state index contributed by atoms with van der Waals surface area (Å²) in [6.45, 7) is 8.80. The second kappa shape index (κ2) is 7.42. The molecule has 0 aliphatic carbocycles. The summed E-state index contributed by atoms with van der Waals surface area (Å²) in [7, 11) is 0. The van der Waals surface area contributed by atoms with Gasteiger partial charge in [0.1, 0.15) is 0 Å². The van der Waals surface area contributed by atoms with E-state index in [0.717, 1.165) is 56.4 Å². The second-order valence-electron chi connectivity index (χ2n) is 6.37. The maximum Gasteiger partial charge on any atom is 0.275 e. The van der Waals surface area contributed by atoms with E-state index in [0.29, 0.717) is 4.96 Å². The minimum atomic E-state index is -0.0942. The first-order valence-corrected chi connectivity index (χ1v) is 10.7. The summed E-state index contributed by atoms with van der Waals surface area (Å²) in [6, 6.07) is 1.58. The molecule has 1 aliphatic heterocycles. The topological polar surface area (TPSA) is 66.6 Å². The van der Waals surface area contributed by atoms with Crippen LogP contribution in [-0.4, -0.2) is 50.7 Å². The van der Waals surface area contributed by atoms with Gasteiger partial charge in [0.05, 0.1) is 10.7 Å². The van der Waals surface area contributed by atoms with Crippen molar-refractivity contribution in [2.45, 2.75) is 33.2 Å².